The van der Waals surface area contributed by atoms with Crippen molar-refractivity contribution >= 4 is 38.3 Å². The summed E-state index contributed by atoms with van der Waals surface area (Å²) in [7, 11) is -4.75. The van der Waals surface area contributed by atoms with Crippen LogP contribution in [-0.4, -0.2) is 85.0 Å². The number of amides is 1. The van der Waals surface area contributed by atoms with Crippen molar-refractivity contribution in [2.24, 2.45) is 11.3 Å². The number of fused-ring (bicyclic) bond motifs is 2. The van der Waals surface area contributed by atoms with Crippen LogP contribution in [-0.2, 0) is 14.8 Å². The molecule has 18 heteroatoms. The minimum atomic E-state index is -4.75. The lowest BCUT2D eigenvalue weighted by Crippen LogP contribution is -2.54. The minimum Gasteiger partial charge on any atom is -0.485 e. The Morgan fingerprint density at radius 1 is 1.07 bits per heavy atom. The summed E-state index contributed by atoms with van der Waals surface area (Å²) in [6.07, 6.45) is 8.32. The smallest absolute Gasteiger partial charge is 0.316 e. The highest BCUT2D eigenvalue weighted by atomic mass is 32.2. The third-order valence-corrected chi connectivity index (χ3v) is 15.7. The molecule has 1 saturated heterocycles. The zero-order valence-electron chi connectivity index (χ0n) is 38.8. The number of H-pyrrole nitrogens is 1. The summed E-state index contributed by atoms with van der Waals surface area (Å²) >= 11 is 0. The number of anilines is 1. The monoisotopic (exact) mass is 954 g/mol. The number of nitro benzene ring substituents is 1. The van der Waals surface area contributed by atoms with Gasteiger partial charge < -0.3 is 39.3 Å². The Labute approximate surface area is 395 Å². The van der Waals surface area contributed by atoms with Gasteiger partial charge in [-0.05, 0) is 112 Å². The van der Waals surface area contributed by atoms with Crippen molar-refractivity contribution in [2.45, 2.75) is 114 Å². The van der Waals surface area contributed by atoms with Gasteiger partial charge in [0.25, 0.3) is 15.9 Å². The van der Waals surface area contributed by atoms with Gasteiger partial charge in [-0.25, -0.2) is 22.5 Å². The number of benzene rings is 3. The van der Waals surface area contributed by atoms with Gasteiger partial charge in [-0.3, -0.25) is 14.9 Å². The standard InChI is InChI=1S/C50H59FN6O10S/c1-5-64-28-41(37-9-7-6-8-36(37)30(2)3)54-32-24-50(25-32)16-18-56(19-17-50)33-10-11-38(43(20-33)66-34-21-39-40(51)27-53-47(39)52-26-34)48(58)55-68(62,63)35-22-42(57(60)61)46-44(23-35)65-29-45(67-46)31-12-14-49(4,59)15-13-31/h6-11,20-23,26-27,30-32,41,45,54,59H,5,12-19,24-25,28-29H2,1-4H3,(H,52,53)(H,55,58)/t31?,41-,45+,49?/m1/s1. The predicted octanol–water partition coefficient (Wildman–Crippen LogP) is 8.84. The number of pyridine rings is 1. The summed E-state index contributed by atoms with van der Waals surface area (Å²) in [6, 6.07) is 17.2. The van der Waals surface area contributed by atoms with E-state index in [2.05, 4.69) is 63.0 Å². The maximum absolute atomic E-state index is 14.7. The summed E-state index contributed by atoms with van der Waals surface area (Å²) in [5.41, 5.74) is 2.23. The number of nitrogens with zero attached hydrogens (tertiary/aromatic N) is 3. The minimum absolute atomic E-state index is 0.00840. The third kappa shape index (κ3) is 9.86. The van der Waals surface area contributed by atoms with E-state index in [0.717, 1.165) is 56.6 Å². The van der Waals surface area contributed by atoms with Crippen LogP contribution in [0.15, 0.2) is 78.0 Å². The van der Waals surface area contributed by atoms with E-state index in [1.165, 1.54) is 35.7 Å². The number of nitro groups is 1. The molecule has 9 rings (SSSR count). The van der Waals surface area contributed by atoms with E-state index in [9.17, 15) is 32.8 Å². The third-order valence-electron chi connectivity index (χ3n) is 14.4. The predicted molar refractivity (Wildman–Crippen MR) is 253 cm³/mol. The molecule has 4 heterocycles. The van der Waals surface area contributed by atoms with E-state index in [1.54, 1.807) is 19.1 Å². The van der Waals surface area contributed by atoms with Crippen molar-refractivity contribution < 1.29 is 46.6 Å². The van der Waals surface area contributed by atoms with Crippen LogP contribution in [0.25, 0.3) is 11.0 Å². The number of piperidine rings is 1. The summed E-state index contributed by atoms with van der Waals surface area (Å²) in [5, 5.41) is 26.8. The normalized spacial score (nSPS) is 22.0. The molecule has 2 aromatic heterocycles. The molecule has 1 amide bonds. The first-order chi connectivity index (χ1) is 32.5. The van der Waals surface area contributed by atoms with Crippen LogP contribution < -0.4 is 29.1 Å². The number of halogens is 1. The first-order valence-electron chi connectivity index (χ1n) is 23.5. The maximum Gasteiger partial charge on any atom is 0.316 e. The number of carbonyl (C=O) groups excluding carboxylic acids is 1. The molecule has 362 valence electrons. The van der Waals surface area contributed by atoms with E-state index in [4.69, 9.17) is 18.9 Å². The van der Waals surface area contributed by atoms with Crippen LogP contribution in [0.1, 0.15) is 113 Å². The summed E-state index contributed by atoms with van der Waals surface area (Å²) in [4.78, 5) is 34.3. The number of carbonyl (C=O) groups is 1. The van der Waals surface area contributed by atoms with Gasteiger partial charge >= 0.3 is 5.69 Å². The Kier molecular flexibility index (Phi) is 13.2. The Balaban J connectivity index is 0.917. The quantitative estimate of drug-likeness (QED) is 0.0572. The highest BCUT2D eigenvalue weighted by Gasteiger charge is 2.47. The first-order valence-corrected chi connectivity index (χ1v) is 25.0. The number of ether oxygens (including phenoxy) is 4. The molecule has 0 unspecified atom stereocenters. The van der Waals surface area contributed by atoms with Gasteiger partial charge in [-0.1, -0.05) is 38.1 Å². The van der Waals surface area contributed by atoms with E-state index < -0.39 is 49.0 Å². The number of rotatable bonds is 15. The molecule has 0 radical (unpaired) electrons. The Morgan fingerprint density at radius 3 is 2.51 bits per heavy atom. The van der Waals surface area contributed by atoms with Gasteiger partial charge in [0.05, 0.1) is 45.2 Å². The molecule has 2 aliphatic heterocycles. The second-order valence-electron chi connectivity index (χ2n) is 19.5. The lowest BCUT2D eigenvalue weighted by molar-refractivity contribution is -0.386. The van der Waals surface area contributed by atoms with Crippen LogP contribution in [0.2, 0.25) is 0 Å². The molecule has 4 N–H and O–H groups in total. The van der Waals surface area contributed by atoms with E-state index in [1.807, 2.05) is 6.92 Å². The van der Waals surface area contributed by atoms with Crippen molar-refractivity contribution in [2.75, 3.05) is 37.8 Å². The molecule has 2 saturated carbocycles. The summed E-state index contributed by atoms with van der Waals surface area (Å²) in [6.45, 7) is 10.9. The van der Waals surface area contributed by atoms with Gasteiger partial charge in [0.2, 0.25) is 5.75 Å². The molecule has 5 aromatic rings. The van der Waals surface area contributed by atoms with Gasteiger partial charge in [0.15, 0.2) is 5.75 Å². The van der Waals surface area contributed by atoms with E-state index in [0.29, 0.717) is 56.5 Å². The molecule has 1 spiro atoms. The van der Waals surface area contributed by atoms with Gasteiger partial charge in [-0.15, -0.1) is 0 Å². The number of hydrogen-bond donors (Lipinski definition) is 4. The van der Waals surface area contributed by atoms with Crippen molar-refractivity contribution in [1.29, 1.82) is 0 Å². The molecule has 2 aliphatic carbocycles. The maximum atomic E-state index is 14.7. The topological polar surface area (TPSA) is 207 Å². The van der Waals surface area contributed by atoms with Gasteiger partial charge in [0.1, 0.15) is 35.7 Å². The molecular weight excluding hydrogens is 896 g/mol. The number of hydrogen-bond acceptors (Lipinski definition) is 13. The number of sulfonamides is 1. The van der Waals surface area contributed by atoms with Crippen molar-refractivity contribution in [3.8, 4) is 23.0 Å². The van der Waals surface area contributed by atoms with Crippen LogP contribution in [0.3, 0.4) is 0 Å². The number of nitrogens with one attached hydrogen (secondary N) is 3. The average Bonchev–Trinajstić information content (AvgIpc) is 3.68. The fraction of sp³-hybridized carbons (Fsp3) is 0.480. The molecule has 16 nitrogen and oxygen atoms in total. The Hall–Kier alpha value is -5.82. The number of aromatic nitrogens is 2. The Bertz CT molecular complexity index is 2790. The molecule has 3 fully saturated rings. The molecule has 68 heavy (non-hydrogen) atoms. The summed E-state index contributed by atoms with van der Waals surface area (Å²) in [5.74, 6) is -1.50. The largest absolute Gasteiger partial charge is 0.485 e. The number of aromatic amines is 1. The van der Waals surface area contributed by atoms with E-state index >= 15 is 0 Å². The highest BCUT2D eigenvalue weighted by molar-refractivity contribution is 7.90. The molecule has 2 atom stereocenters. The van der Waals surface area contributed by atoms with Crippen molar-refractivity contribution in [3.05, 3.63) is 106 Å². The zero-order chi connectivity index (χ0) is 48.0. The van der Waals surface area contributed by atoms with Crippen LogP contribution in [0.4, 0.5) is 15.8 Å². The molecule has 3 aromatic carbocycles. The lowest BCUT2D eigenvalue weighted by atomic mass is 9.60. The van der Waals surface area contributed by atoms with Crippen molar-refractivity contribution in [3.63, 3.8) is 0 Å². The lowest BCUT2D eigenvalue weighted by Gasteiger charge is -2.53. The van der Waals surface area contributed by atoms with Gasteiger partial charge in [-0.2, -0.15) is 0 Å². The fourth-order valence-electron chi connectivity index (χ4n) is 10.5. The van der Waals surface area contributed by atoms with Crippen LogP contribution in [0.5, 0.6) is 23.0 Å². The van der Waals surface area contributed by atoms with Crippen LogP contribution in [0, 0.1) is 27.3 Å². The van der Waals surface area contributed by atoms with Crippen LogP contribution >= 0.6 is 0 Å². The molecule has 4 aliphatic rings. The highest BCUT2D eigenvalue weighted by Crippen LogP contribution is 2.51. The van der Waals surface area contributed by atoms with Gasteiger partial charge in [0, 0.05) is 55.8 Å². The van der Waals surface area contributed by atoms with Crippen molar-refractivity contribution in [1.82, 2.24) is 20.0 Å². The SMILES string of the molecule is CCOC[C@@H](NC1CC2(CCN(c3ccc(C(=O)NS(=O)(=O)c4cc5c(c([N+](=O)[O-])c4)O[C@H](C4CCC(C)(O)CC4)CO5)c(Oc4cnc5[nH]cc(F)c5c4)c3)CC2)C1)c1ccccc1C(C)C. The average molecular weight is 955 g/mol. The summed E-state index contributed by atoms with van der Waals surface area (Å²) < 4.78 is 68.8. The van der Waals surface area contributed by atoms with E-state index in [-0.39, 0.29) is 57.9 Å². The Morgan fingerprint density at radius 2 is 1.81 bits per heavy atom. The first kappa shape index (κ1) is 47.3. The zero-order valence-corrected chi connectivity index (χ0v) is 39.6. The number of aliphatic hydroxyl groups is 1. The second-order valence-corrected chi connectivity index (χ2v) is 21.2. The molecule has 0 bridgehead atoms. The fourth-order valence-corrected chi connectivity index (χ4v) is 11.5. The second kappa shape index (κ2) is 18.9. The molecular formula is C50H59FN6O10S.